The van der Waals surface area contributed by atoms with E-state index >= 15 is 0 Å². The monoisotopic (exact) mass is 287 g/mol. The number of hydrogen-bond acceptors (Lipinski definition) is 2. The first kappa shape index (κ1) is 14.3. The zero-order valence-electron chi connectivity index (χ0n) is 8.79. The highest BCUT2D eigenvalue weighted by atomic mass is 35.9. The summed E-state index contributed by atoms with van der Waals surface area (Å²) in [5, 5.41) is 0. The van der Waals surface area contributed by atoms with E-state index in [0.29, 0.717) is 0 Å². The van der Waals surface area contributed by atoms with Gasteiger partial charge >= 0.3 is 0 Å². The molecule has 0 saturated heterocycles. The van der Waals surface area contributed by atoms with Crippen LogP contribution in [0.25, 0.3) is 11.1 Å². The molecule has 17 heavy (non-hydrogen) atoms. The van der Waals surface area contributed by atoms with E-state index in [4.69, 9.17) is 0 Å². The van der Waals surface area contributed by atoms with E-state index < -0.39 is 6.07 Å². The molecule has 0 aliphatic heterocycles. The smallest absolute Gasteiger partial charge is 0.186 e. The second-order valence-electron chi connectivity index (χ2n) is 3.15. The first-order valence-corrected chi connectivity index (χ1v) is 8.21. The Morgan fingerprint density at radius 2 is 1.00 bits per heavy atom. The third-order valence-electron chi connectivity index (χ3n) is 1.88. The molecule has 0 saturated carbocycles. The van der Waals surface area contributed by atoms with Crippen LogP contribution in [0.3, 0.4) is 0 Å². The van der Waals surface area contributed by atoms with Gasteiger partial charge in [0.1, 0.15) is 0 Å². The number of rotatable bonds is 1. The van der Waals surface area contributed by atoms with Crippen LogP contribution in [0.5, 0.6) is 0 Å². The van der Waals surface area contributed by atoms with Crippen LogP contribution in [0.1, 0.15) is 0 Å². The van der Waals surface area contributed by atoms with Crippen molar-refractivity contribution in [3.63, 3.8) is 0 Å². The van der Waals surface area contributed by atoms with Crippen molar-refractivity contribution in [1.82, 2.24) is 0 Å². The van der Waals surface area contributed by atoms with Crippen molar-refractivity contribution in [1.29, 1.82) is 0 Å². The van der Waals surface area contributed by atoms with E-state index in [-0.39, 0.29) is 0 Å². The Bertz CT molecular complexity index is 437. The van der Waals surface area contributed by atoms with Gasteiger partial charge in [0.15, 0.2) is 6.07 Å². The van der Waals surface area contributed by atoms with Gasteiger partial charge in [0.05, 0.1) is 0 Å². The summed E-state index contributed by atoms with van der Waals surface area (Å²) in [5.74, 6) is 0. The molecule has 0 spiro atoms. The molecule has 0 radical (unpaired) electrons. The molecular formula is C12H10Cl2O2P-. The minimum atomic E-state index is -3.94. The lowest BCUT2D eigenvalue weighted by Gasteiger charge is -1.98. The molecule has 2 aromatic carbocycles. The lowest BCUT2D eigenvalue weighted by molar-refractivity contribution is -0.162. The Hall–Kier alpha value is -0.790. The molecule has 0 aliphatic rings. The normalized spacial score (nSPS) is 10.3. The molecule has 0 unspecified atom stereocenters. The fourth-order valence-electron chi connectivity index (χ4n) is 1.26. The van der Waals surface area contributed by atoms with Crippen LogP contribution in [0, 0.1) is 0 Å². The van der Waals surface area contributed by atoms with E-state index in [9.17, 15) is 9.46 Å². The van der Waals surface area contributed by atoms with Crippen LogP contribution in [0.15, 0.2) is 60.7 Å². The molecule has 0 amide bonds. The Labute approximate surface area is 110 Å². The van der Waals surface area contributed by atoms with Gasteiger partial charge in [-0.3, -0.25) is 0 Å². The van der Waals surface area contributed by atoms with Gasteiger partial charge in [0, 0.05) is 0 Å². The maximum Gasteiger partial charge on any atom is 0.186 e. The molecule has 90 valence electrons. The van der Waals surface area contributed by atoms with Crippen LogP contribution >= 0.6 is 28.6 Å². The summed E-state index contributed by atoms with van der Waals surface area (Å²) in [7, 11) is 0. The largest absolute Gasteiger partial charge is 0.776 e. The van der Waals surface area contributed by atoms with Crippen molar-refractivity contribution in [3.05, 3.63) is 60.7 Å². The standard InChI is InChI=1S/C12H10.Cl2HO2P/c1-3-7-11(8-4-1)12-9-5-2-6-10-12;1-5(2,3)4/h1-10H;(H,3,4)/p-1. The van der Waals surface area contributed by atoms with Crippen molar-refractivity contribution in [2.75, 3.05) is 0 Å². The Balaban J connectivity index is 0.000000249. The molecule has 2 nitrogen and oxygen atoms in total. The quantitative estimate of drug-likeness (QED) is 0.734. The van der Waals surface area contributed by atoms with E-state index in [1.165, 1.54) is 11.1 Å². The van der Waals surface area contributed by atoms with Gasteiger partial charge in [-0.15, -0.1) is 0 Å². The van der Waals surface area contributed by atoms with Crippen LogP contribution < -0.4 is 4.89 Å². The summed E-state index contributed by atoms with van der Waals surface area (Å²) in [6, 6.07) is 20.8. The molecule has 0 bridgehead atoms. The molecule has 2 aromatic rings. The van der Waals surface area contributed by atoms with E-state index in [1.807, 2.05) is 12.1 Å². The van der Waals surface area contributed by atoms with E-state index in [0.717, 1.165) is 0 Å². The van der Waals surface area contributed by atoms with Gasteiger partial charge in [-0.05, 0) is 11.1 Å². The average Bonchev–Trinajstić information content (AvgIpc) is 2.29. The molecule has 2 rings (SSSR count). The molecule has 0 heterocycles. The summed E-state index contributed by atoms with van der Waals surface area (Å²) >= 11 is 8.59. The molecule has 0 N–H and O–H groups in total. The minimum Gasteiger partial charge on any atom is -0.776 e. The predicted octanol–water partition coefficient (Wildman–Crippen LogP) is 4.29. The predicted molar refractivity (Wildman–Crippen MR) is 71.2 cm³/mol. The summed E-state index contributed by atoms with van der Waals surface area (Å²) in [4.78, 5) is 9.19. The maximum absolute atomic E-state index is 9.19. The number of hydrogen-bond donors (Lipinski definition) is 0. The zero-order valence-corrected chi connectivity index (χ0v) is 11.2. The molecule has 0 aromatic heterocycles. The van der Waals surface area contributed by atoms with Crippen molar-refractivity contribution in [2.24, 2.45) is 0 Å². The van der Waals surface area contributed by atoms with Crippen LogP contribution in [-0.2, 0) is 4.57 Å². The lowest BCUT2D eigenvalue weighted by Crippen LogP contribution is -1.82. The summed E-state index contributed by atoms with van der Waals surface area (Å²) in [6.45, 7) is 0. The van der Waals surface area contributed by atoms with Crippen LogP contribution in [0.4, 0.5) is 0 Å². The third-order valence-corrected chi connectivity index (χ3v) is 1.88. The summed E-state index contributed by atoms with van der Waals surface area (Å²) in [5.41, 5.74) is 2.55. The SMILES string of the molecule is O=P([O-])(Cl)Cl.c1ccc(-c2ccccc2)cc1. The van der Waals surface area contributed by atoms with Gasteiger partial charge in [-0.1, -0.05) is 83.1 Å². The molecule has 0 fully saturated rings. The van der Waals surface area contributed by atoms with Crippen molar-refractivity contribution < 1.29 is 9.46 Å². The number of halogens is 2. The fraction of sp³-hybridized carbons (Fsp3) is 0. The van der Waals surface area contributed by atoms with Crippen molar-refractivity contribution in [3.8, 4) is 11.1 Å². The number of benzene rings is 2. The minimum absolute atomic E-state index is 1.28. The molecule has 0 atom stereocenters. The average molecular weight is 288 g/mol. The molecular weight excluding hydrogens is 278 g/mol. The van der Waals surface area contributed by atoms with Gasteiger partial charge in [0.2, 0.25) is 0 Å². The Kier molecular flexibility index (Phi) is 5.73. The molecule has 0 aliphatic carbocycles. The lowest BCUT2D eigenvalue weighted by atomic mass is 10.1. The maximum atomic E-state index is 9.19. The summed E-state index contributed by atoms with van der Waals surface area (Å²) in [6.07, 6.45) is -3.94. The first-order chi connectivity index (χ1) is 7.97. The van der Waals surface area contributed by atoms with Gasteiger partial charge in [-0.2, -0.15) is 0 Å². The molecule has 5 heteroatoms. The van der Waals surface area contributed by atoms with Crippen molar-refractivity contribution >= 4 is 28.6 Å². The first-order valence-electron chi connectivity index (χ1n) is 4.77. The summed E-state index contributed by atoms with van der Waals surface area (Å²) < 4.78 is 9.19. The third kappa shape index (κ3) is 7.19. The second kappa shape index (κ2) is 6.83. The van der Waals surface area contributed by atoms with Gasteiger partial charge < -0.3 is 9.46 Å². The van der Waals surface area contributed by atoms with Crippen LogP contribution in [-0.4, -0.2) is 0 Å². The Morgan fingerprint density at radius 3 is 1.24 bits per heavy atom. The highest BCUT2D eigenvalue weighted by Crippen LogP contribution is 2.46. The van der Waals surface area contributed by atoms with Crippen LogP contribution in [0.2, 0.25) is 0 Å². The van der Waals surface area contributed by atoms with E-state index in [1.54, 1.807) is 0 Å². The van der Waals surface area contributed by atoms with Gasteiger partial charge in [-0.25, -0.2) is 0 Å². The zero-order chi connectivity index (χ0) is 12.7. The fourth-order valence-corrected chi connectivity index (χ4v) is 1.26. The van der Waals surface area contributed by atoms with Gasteiger partial charge in [0.25, 0.3) is 0 Å². The second-order valence-corrected chi connectivity index (χ2v) is 7.16. The topological polar surface area (TPSA) is 40.1 Å². The van der Waals surface area contributed by atoms with Crippen molar-refractivity contribution in [2.45, 2.75) is 0 Å². The highest BCUT2D eigenvalue weighted by molar-refractivity contribution is 8.03. The Morgan fingerprint density at radius 1 is 0.765 bits per heavy atom. The van der Waals surface area contributed by atoms with E-state index in [2.05, 4.69) is 71.0 Å². The highest BCUT2D eigenvalue weighted by Gasteiger charge is 1.91.